The number of halogens is 1. The summed E-state index contributed by atoms with van der Waals surface area (Å²) < 4.78 is 5.22. The van der Waals surface area contributed by atoms with Crippen molar-refractivity contribution >= 4 is 29.1 Å². The summed E-state index contributed by atoms with van der Waals surface area (Å²) in [6, 6.07) is 12.8. The lowest BCUT2D eigenvalue weighted by molar-refractivity contribution is -0.123. The molecule has 1 atom stereocenters. The molecule has 0 spiro atoms. The third-order valence-corrected chi connectivity index (χ3v) is 4.36. The van der Waals surface area contributed by atoms with Gasteiger partial charge in [-0.05, 0) is 43.2 Å². The lowest BCUT2D eigenvalue weighted by Gasteiger charge is -2.15. The largest absolute Gasteiger partial charge is 0.495 e. The quantitative estimate of drug-likeness (QED) is 0.648. The van der Waals surface area contributed by atoms with Crippen LogP contribution in [0.15, 0.2) is 42.5 Å². The third-order valence-electron chi connectivity index (χ3n) is 4.02. The van der Waals surface area contributed by atoms with Gasteiger partial charge in [0.25, 0.3) is 0 Å². The maximum atomic E-state index is 12.1. The lowest BCUT2D eigenvalue weighted by atomic mass is 10.1. The SMILES string of the molecule is COc1ccc(C)cc1NC(=O)CNC(=O)CNC(C)c1ccccc1Cl. The molecule has 2 aromatic carbocycles. The first-order valence-electron chi connectivity index (χ1n) is 8.59. The van der Waals surface area contributed by atoms with Gasteiger partial charge in [-0.2, -0.15) is 0 Å². The Hall–Kier alpha value is -2.57. The summed E-state index contributed by atoms with van der Waals surface area (Å²) in [4.78, 5) is 24.1. The molecule has 1 unspecified atom stereocenters. The van der Waals surface area contributed by atoms with E-state index in [2.05, 4.69) is 16.0 Å². The Balaban J connectivity index is 1.79. The van der Waals surface area contributed by atoms with E-state index in [0.717, 1.165) is 11.1 Å². The molecule has 0 radical (unpaired) electrons. The summed E-state index contributed by atoms with van der Waals surface area (Å²) in [5.41, 5.74) is 2.48. The molecule has 3 N–H and O–H groups in total. The van der Waals surface area contributed by atoms with Crippen LogP contribution < -0.4 is 20.7 Å². The second-order valence-electron chi connectivity index (χ2n) is 6.15. The summed E-state index contributed by atoms with van der Waals surface area (Å²) in [5.74, 6) is -0.0397. The molecule has 144 valence electrons. The number of ether oxygens (including phenoxy) is 1. The van der Waals surface area contributed by atoms with E-state index >= 15 is 0 Å². The fourth-order valence-electron chi connectivity index (χ4n) is 2.54. The number of amides is 2. The second kappa shape index (κ2) is 9.94. The van der Waals surface area contributed by atoms with Crippen molar-refractivity contribution in [3.63, 3.8) is 0 Å². The van der Waals surface area contributed by atoms with Crippen LogP contribution in [0.1, 0.15) is 24.1 Å². The molecule has 7 heteroatoms. The van der Waals surface area contributed by atoms with Crippen molar-refractivity contribution in [2.75, 3.05) is 25.5 Å². The van der Waals surface area contributed by atoms with Crippen molar-refractivity contribution in [2.45, 2.75) is 19.9 Å². The molecule has 0 saturated heterocycles. The molecule has 2 rings (SSSR count). The molecule has 0 bridgehead atoms. The summed E-state index contributed by atoms with van der Waals surface area (Å²) >= 11 is 6.15. The number of benzene rings is 2. The van der Waals surface area contributed by atoms with E-state index in [9.17, 15) is 9.59 Å². The molecule has 0 aliphatic carbocycles. The molecule has 0 aliphatic heterocycles. The Bertz CT molecular complexity index is 811. The molecular formula is C20H24ClN3O3. The van der Waals surface area contributed by atoms with Gasteiger partial charge in [0.2, 0.25) is 11.8 Å². The van der Waals surface area contributed by atoms with Gasteiger partial charge in [0.15, 0.2) is 0 Å². The fraction of sp³-hybridized carbons (Fsp3) is 0.300. The molecule has 0 heterocycles. The summed E-state index contributed by atoms with van der Waals surface area (Å²) in [6.07, 6.45) is 0. The molecule has 2 amide bonds. The zero-order valence-corrected chi connectivity index (χ0v) is 16.4. The lowest BCUT2D eigenvalue weighted by Crippen LogP contribution is -2.39. The van der Waals surface area contributed by atoms with Gasteiger partial charge >= 0.3 is 0 Å². The average molecular weight is 390 g/mol. The van der Waals surface area contributed by atoms with Gasteiger partial charge in [0.05, 0.1) is 25.9 Å². The number of aryl methyl sites for hydroxylation is 1. The number of rotatable bonds is 8. The number of hydrogen-bond donors (Lipinski definition) is 3. The highest BCUT2D eigenvalue weighted by Gasteiger charge is 2.12. The average Bonchev–Trinajstić information content (AvgIpc) is 2.65. The molecule has 2 aromatic rings. The molecule has 6 nitrogen and oxygen atoms in total. The van der Waals surface area contributed by atoms with Crippen LogP contribution in [0.2, 0.25) is 5.02 Å². The third kappa shape index (κ3) is 6.27. The monoisotopic (exact) mass is 389 g/mol. The van der Waals surface area contributed by atoms with Gasteiger partial charge < -0.3 is 20.7 Å². The molecule has 0 aromatic heterocycles. The van der Waals surface area contributed by atoms with E-state index in [1.807, 2.05) is 44.2 Å². The predicted octanol–water partition coefficient (Wildman–Crippen LogP) is 3.06. The summed E-state index contributed by atoms with van der Waals surface area (Å²) in [5, 5.41) is 9.06. The summed E-state index contributed by atoms with van der Waals surface area (Å²) in [7, 11) is 1.54. The number of carbonyl (C=O) groups excluding carboxylic acids is 2. The van der Waals surface area contributed by atoms with Crippen molar-refractivity contribution in [2.24, 2.45) is 0 Å². The number of carbonyl (C=O) groups is 2. The molecule has 0 fully saturated rings. The Kier molecular flexibility index (Phi) is 7.64. The first-order chi connectivity index (χ1) is 12.9. The Labute approximate surface area is 164 Å². The van der Waals surface area contributed by atoms with Crippen molar-refractivity contribution < 1.29 is 14.3 Å². The van der Waals surface area contributed by atoms with Gasteiger partial charge in [-0.25, -0.2) is 0 Å². The minimum atomic E-state index is -0.327. The van der Waals surface area contributed by atoms with Gasteiger partial charge in [-0.3, -0.25) is 9.59 Å². The zero-order chi connectivity index (χ0) is 19.8. The van der Waals surface area contributed by atoms with Crippen LogP contribution in [-0.4, -0.2) is 32.0 Å². The normalized spacial score (nSPS) is 11.6. The van der Waals surface area contributed by atoms with Crippen molar-refractivity contribution in [1.29, 1.82) is 0 Å². The minimum Gasteiger partial charge on any atom is -0.495 e. The van der Waals surface area contributed by atoms with Crippen molar-refractivity contribution in [1.82, 2.24) is 10.6 Å². The van der Waals surface area contributed by atoms with Gasteiger partial charge in [0.1, 0.15) is 5.75 Å². The van der Waals surface area contributed by atoms with Crippen molar-refractivity contribution in [3.8, 4) is 5.75 Å². The van der Waals surface area contributed by atoms with Gasteiger partial charge in [0, 0.05) is 11.1 Å². The molecule has 0 aliphatic rings. The highest BCUT2D eigenvalue weighted by molar-refractivity contribution is 6.31. The Morgan fingerprint density at radius 2 is 1.85 bits per heavy atom. The maximum Gasteiger partial charge on any atom is 0.243 e. The van der Waals surface area contributed by atoms with Gasteiger partial charge in [-0.1, -0.05) is 35.9 Å². The molecule has 0 saturated carbocycles. The van der Waals surface area contributed by atoms with Crippen LogP contribution >= 0.6 is 11.6 Å². The van der Waals surface area contributed by atoms with Crippen LogP contribution in [0.5, 0.6) is 5.75 Å². The molecular weight excluding hydrogens is 366 g/mol. The highest BCUT2D eigenvalue weighted by atomic mass is 35.5. The topological polar surface area (TPSA) is 79.5 Å². The Morgan fingerprint density at radius 3 is 2.56 bits per heavy atom. The first-order valence-corrected chi connectivity index (χ1v) is 8.97. The zero-order valence-electron chi connectivity index (χ0n) is 15.6. The summed E-state index contributed by atoms with van der Waals surface area (Å²) in [6.45, 7) is 3.79. The smallest absolute Gasteiger partial charge is 0.243 e. The maximum absolute atomic E-state index is 12.1. The van der Waals surface area contributed by atoms with Crippen LogP contribution in [0.25, 0.3) is 0 Å². The van der Waals surface area contributed by atoms with E-state index in [4.69, 9.17) is 16.3 Å². The standard InChI is InChI=1S/C20H24ClN3O3/c1-13-8-9-18(27-3)17(10-13)24-20(26)12-23-19(25)11-22-14(2)15-6-4-5-7-16(15)21/h4-10,14,22H,11-12H2,1-3H3,(H,23,25)(H,24,26). The van der Waals surface area contributed by atoms with E-state index in [1.54, 1.807) is 12.1 Å². The van der Waals surface area contributed by atoms with E-state index in [0.29, 0.717) is 16.5 Å². The van der Waals surface area contributed by atoms with Crippen molar-refractivity contribution in [3.05, 3.63) is 58.6 Å². The van der Waals surface area contributed by atoms with Crippen LogP contribution in [0.3, 0.4) is 0 Å². The number of hydrogen-bond acceptors (Lipinski definition) is 4. The van der Waals surface area contributed by atoms with E-state index in [1.165, 1.54) is 7.11 Å². The van der Waals surface area contributed by atoms with Crippen LogP contribution in [-0.2, 0) is 9.59 Å². The highest BCUT2D eigenvalue weighted by Crippen LogP contribution is 2.25. The minimum absolute atomic E-state index is 0.0768. The van der Waals surface area contributed by atoms with E-state index in [-0.39, 0.29) is 30.9 Å². The predicted molar refractivity (Wildman–Crippen MR) is 107 cm³/mol. The number of nitrogens with one attached hydrogen (secondary N) is 3. The van der Waals surface area contributed by atoms with Crippen LogP contribution in [0.4, 0.5) is 5.69 Å². The van der Waals surface area contributed by atoms with E-state index < -0.39 is 0 Å². The van der Waals surface area contributed by atoms with Gasteiger partial charge in [-0.15, -0.1) is 0 Å². The fourth-order valence-corrected chi connectivity index (χ4v) is 2.84. The molecule has 27 heavy (non-hydrogen) atoms. The Morgan fingerprint density at radius 1 is 1.11 bits per heavy atom. The first kappa shape index (κ1) is 20.7. The van der Waals surface area contributed by atoms with Crippen LogP contribution in [0, 0.1) is 6.92 Å². The number of methoxy groups -OCH3 is 1. The number of anilines is 1. The second-order valence-corrected chi connectivity index (χ2v) is 6.56.